The molecule has 0 radical (unpaired) electrons. The Balaban J connectivity index is 1.67. The molecule has 0 spiro atoms. The van der Waals surface area contributed by atoms with Crippen LogP contribution in [0.15, 0.2) is 23.8 Å². The van der Waals surface area contributed by atoms with E-state index in [1.165, 1.54) is 95.2 Å². The third-order valence-corrected chi connectivity index (χ3v) is 11.9. The highest BCUT2D eigenvalue weighted by molar-refractivity contribution is 6.71. The van der Waals surface area contributed by atoms with Crippen LogP contribution >= 0.6 is 0 Å². The Kier molecular flexibility index (Phi) is 16.9. The van der Waals surface area contributed by atoms with Crippen LogP contribution in [0.4, 0.5) is 0 Å². The van der Waals surface area contributed by atoms with E-state index in [0.29, 0.717) is 5.92 Å². The predicted octanol–water partition coefficient (Wildman–Crippen LogP) is 9.04. The quantitative estimate of drug-likeness (QED) is 0.112. The van der Waals surface area contributed by atoms with Gasteiger partial charge >= 0.3 is 0 Å². The Hall–Kier alpha value is -0.913. The van der Waals surface area contributed by atoms with Gasteiger partial charge in [0.15, 0.2) is 8.32 Å². The molecule has 0 aromatic carbocycles. The Morgan fingerprint density at radius 2 is 1.54 bits per heavy atom. The molecule has 226 valence electrons. The van der Waals surface area contributed by atoms with Crippen molar-refractivity contribution in [3.05, 3.63) is 23.8 Å². The summed E-state index contributed by atoms with van der Waals surface area (Å²) in [5.41, 5.74) is 0.935. The molecular formula is C34H64N2O2Si. The SMILES string of the molecule is CCCCCCCCCCCCCCNC(=O)C1(C2CCN(CCC[Si](C)(C)OCC)CC2)C=CC(C)=CC1. The van der Waals surface area contributed by atoms with E-state index in [9.17, 15) is 4.79 Å². The summed E-state index contributed by atoms with van der Waals surface area (Å²) in [6, 6.07) is 1.24. The third kappa shape index (κ3) is 13.1. The average molecular weight is 561 g/mol. The zero-order valence-corrected chi connectivity index (χ0v) is 27.6. The van der Waals surface area contributed by atoms with Crippen LogP contribution in [0.25, 0.3) is 0 Å². The first kappa shape index (κ1) is 34.3. The minimum atomic E-state index is -1.49. The number of hydrogen-bond donors (Lipinski definition) is 1. The number of nitrogens with one attached hydrogen (secondary N) is 1. The average Bonchev–Trinajstić information content (AvgIpc) is 2.92. The van der Waals surface area contributed by atoms with Crippen LogP contribution in [-0.2, 0) is 9.22 Å². The van der Waals surface area contributed by atoms with Gasteiger partial charge in [-0.3, -0.25) is 4.79 Å². The molecule has 1 saturated heterocycles. The van der Waals surface area contributed by atoms with Gasteiger partial charge in [0.2, 0.25) is 5.91 Å². The molecule has 1 aliphatic carbocycles. The van der Waals surface area contributed by atoms with Gasteiger partial charge in [0.25, 0.3) is 0 Å². The van der Waals surface area contributed by atoms with E-state index in [1.54, 1.807) is 0 Å². The minimum absolute atomic E-state index is 0.272. The van der Waals surface area contributed by atoms with Gasteiger partial charge in [-0.05, 0) is 90.6 Å². The summed E-state index contributed by atoms with van der Waals surface area (Å²) in [5, 5.41) is 3.37. The fourth-order valence-corrected chi connectivity index (χ4v) is 8.53. The molecule has 0 aromatic heterocycles. The number of allylic oxidation sites excluding steroid dienone is 3. The van der Waals surface area contributed by atoms with Crippen LogP contribution in [0.5, 0.6) is 0 Å². The molecule has 1 unspecified atom stereocenters. The van der Waals surface area contributed by atoms with Crippen molar-refractivity contribution in [2.24, 2.45) is 11.3 Å². The summed E-state index contributed by atoms with van der Waals surface area (Å²) in [6.07, 6.45) is 27.3. The smallest absolute Gasteiger partial charge is 0.230 e. The summed E-state index contributed by atoms with van der Waals surface area (Å²) < 4.78 is 6.01. The van der Waals surface area contributed by atoms with Gasteiger partial charge in [0.1, 0.15) is 0 Å². The van der Waals surface area contributed by atoms with E-state index < -0.39 is 8.32 Å². The molecule has 1 fully saturated rings. The number of carbonyl (C=O) groups excluding carboxylic acids is 1. The second-order valence-electron chi connectivity index (χ2n) is 13.1. The predicted molar refractivity (Wildman–Crippen MR) is 172 cm³/mol. The van der Waals surface area contributed by atoms with Crippen molar-refractivity contribution >= 4 is 14.2 Å². The fraction of sp³-hybridized carbons (Fsp3) is 0.853. The highest BCUT2D eigenvalue weighted by atomic mass is 28.4. The van der Waals surface area contributed by atoms with Crippen LogP contribution in [0.1, 0.15) is 124 Å². The normalized spacial score (nSPS) is 20.8. The largest absolute Gasteiger partial charge is 0.418 e. The minimum Gasteiger partial charge on any atom is -0.418 e. The first-order valence-corrected chi connectivity index (χ1v) is 19.9. The zero-order valence-electron chi connectivity index (χ0n) is 26.6. The lowest BCUT2D eigenvalue weighted by Crippen LogP contribution is -2.49. The molecule has 1 N–H and O–H groups in total. The first-order valence-electron chi connectivity index (χ1n) is 16.8. The number of amides is 1. The fourth-order valence-electron chi connectivity index (χ4n) is 6.60. The van der Waals surface area contributed by atoms with Gasteiger partial charge in [-0.2, -0.15) is 0 Å². The summed E-state index contributed by atoms with van der Waals surface area (Å²) in [6.45, 7) is 16.3. The number of unbranched alkanes of at least 4 members (excludes halogenated alkanes) is 11. The lowest BCUT2D eigenvalue weighted by molar-refractivity contribution is -0.132. The highest BCUT2D eigenvalue weighted by Gasteiger charge is 2.44. The molecule has 1 atom stereocenters. The molecular weight excluding hydrogens is 496 g/mol. The summed E-state index contributed by atoms with van der Waals surface area (Å²) in [4.78, 5) is 16.3. The van der Waals surface area contributed by atoms with Crippen molar-refractivity contribution < 1.29 is 9.22 Å². The van der Waals surface area contributed by atoms with Crippen molar-refractivity contribution in [2.75, 3.05) is 32.8 Å². The Morgan fingerprint density at radius 3 is 2.08 bits per heavy atom. The molecule has 2 rings (SSSR count). The van der Waals surface area contributed by atoms with E-state index in [-0.39, 0.29) is 11.3 Å². The standard InChI is InChI=1S/C34H64N2O2Si/c1-6-8-9-10-11-12-13-14-15-16-17-18-26-35-33(37)34(24-20-31(3)21-25-34)32-22-28-36(29-23-32)27-19-30-39(4,5)38-7-2/h20-21,24,32H,6-19,22-23,25-30H2,1-5H3,(H,35,37). The van der Waals surface area contributed by atoms with E-state index in [4.69, 9.17) is 4.43 Å². The molecule has 1 heterocycles. The lowest BCUT2D eigenvalue weighted by Gasteiger charge is -2.43. The van der Waals surface area contributed by atoms with Crippen molar-refractivity contribution in [3.8, 4) is 0 Å². The van der Waals surface area contributed by atoms with Gasteiger partial charge in [0.05, 0.1) is 5.41 Å². The van der Waals surface area contributed by atoms with Crippen molar-refractivity contribution in [1.29, 1.82) is 0 Å². The number of nitrogens with zero attached hydrogens (tertiary/aromatic N) is 1. The number of likely N-dealkylation sites (tertiary alicyclic amines) is 1. The molecule has 2 aliphatic rings. The number of carbonyl (C=O) groups is 1. The molecule has 39 heavy (non-hydrogen) atoms. The first-order chi connectivity index (χ1) is 18.8. The van der Waals surface area contributed by atoms with Crippen LogP contribution < -0.4 is 5.32 Å². The number of hydrogen-bond acceptors (Lipinski definition) is 3. The van der Waals surface area contributed by atoms with Gasteiger partial charge in [-0.25, -0.2) is 0 Å². The van der Waals surface area contributed by atoms with Gasteiger partial charge in [-0.15, -0.1) is 0 Å². The monoisotopic (exact) mass is 560 g/mol. The lowest BCUT2D eigenvalue weighted by atomic mass is 9.66. The molecule has 4 nitrogen and oxygen atoms in total. The van der Waals surface area contributed by atoms with Crippen molar-refractivity contribution in [3.63, 3.8) is 0 Å². The Morgan fingerprint density at radius 1 is 0.949 bits per heavy atom. The summed E-state index contributed by atoms with van der Waals surface area (Å²) in [7, 11) is -1.49. The maximum atomic E-state index is 13.6. The van der Waals surface area contributed by atoms with Crippen molar-refractivity contribution in [1.82, 2.24) is 10.2 Å². The van der Waals surface area contributed by atoms with Crippen LogP contribution in [0.3, 0.4) is 0 Å². The summed E-state index contributed by atoms with van der Waals surface area (Å²) >= 11 is 0. The third-order valence-electron chi connectivity index (χ3n) is 9.25. The van der Waals surface area contributed by atoms with Gasteiger partial charge in [0, 0.05) is 13.2 Å². The molecule has 0 bridgehead atoms. The van der Waals surface area contributed by atoms with Gasteiger partial charge in [-0.1, -0.05) is 101 Å². The number of rotatable bonds is 21. The summed E-state index contributed by atoms with van der Waals surface area (Å²) in [5.74, 6) is 0.707. The molecule has 5 heteroatoms. The molecule has 1 aliphatic heterocycles. The van der Waals surface area contributed by atoms with E-state index in [2.05, 4.69) is 62.3 Å². The van der Waals surface area contributed by atoms with Crippen LogP contribution in [-0.4, -0.2) is 51.9 Å². The maximum absolute atomic E-state index is 13.6. The van der Waals surface area contributed by atoms with Crippen LogP contribution in [0.2, 0.25) is 19.1 Å². The zero-order chi connectivity index (χ0) is 28.4. The Bertz CT molecular complexity index is 727. The second kappa shape index (κ2) is 19.3. The maximum Gasteiger partial charge on any atom is 0.230 e. The molecule has 1 amide bonds. The Labute approximate surface area is 243 Å². The highest BCUT2D eigenvalue weighted by Crippen LogP contribution is 2.43. The van der Waals surface area contributed by atoms with Crippen molar-refractivity contribution in [2.45, 2.75) is 143 Å². The van der Waals surface area contributed by atoms with E-state index >= 15 is 0 Å². The van der Waals surface area contributed by atoms with E-state index in [0.717, 1.165) is 51.9 Å². The second-order valence-corrected chi connectivity index (χ2v) is 17.4. The molecule has 0 saturated carbocycles. The number of piperidine rings is 1. The van der Waals surface area contributed by atoms with Crippen LogP contribution in [0, 0.1) is 11.3 Å². The molecule has 0 aromatic rings. The topological polar surface area (TPSA) is 41.6 Å². The van der Waals surface area contributed by atoms with Gasteiger partial charge < -0.3 is 14.6 Å². The van der Waals surface area contributed by atoms with E-state index in [1.807, 2.05) is 0 Å².